The lowest BCUT2D eigenvalue weighted by molar-refractivity contribution is -0.0817. The van der Waals surface area contributed by atoms with Crippen molar-refractivity contribution in [2.45, 2.75) is 78.2 Å². The number of carbonyl (C=O) groups excluding carboxylic acids is 1. The summed E-state index contributed by atoms with van der Waals surface area (Å²) in [5.74, 6) is 1.09. The van der Waals surface area contributed by atoms with Crippen LogP contribution in [0.25, 0.3) is 0 Å². The van der Waals surface area contributed by atoms with Crippen molar-refractivity contribution in [1.29, 1.82) is 0 Å². The van der Waals surface area contributed by atoms with Crippen molar-refractivity contribution in [2.24, 2.45) is 10.9 Å². The summed E-state index contributed by atoms with van der Waals surface area (Å²) in [5.41, 5.74) is -0.519. The first-order chi connectivity index (χ1) is 13.7. The minimum absolute atomic E-state index is 0.0795. The number of morpholine rings is 1. The molecule has 2 aliphatic rings. The van der Waals surface area contributed by atoms with Gasteiger partial charge in [0, 0.05) is 26.2 Å². The lowest BCUT2D eigenvalue weighted by atomic mass is 10.1. The van der Waals surface area contributed by atoms with E-state index in [1.165, 1.54) is 0 Å². The van der Waals surface area contributed by atoms with Crippen LogP contribution < -0.4 is 10.6 Å². The number of alkyl carbamates (subject to hydrolysis) is 1. The molecule has 3 atom stereocenters. The van der Waals surface area contributed by atoms with Gasteiger partial charge in [0.15, 0.2) is 5.96 Å². The average Bonchev–Trinajstić information content (AvgIpc) is 3.17. The van der Waals surface area contributed by atoms with E-state index < -0.39 is 11.7 Å². The van der Waals surface area contributed by atoms with E-state index in [1.54, 1.807) is 0 Å². The number of guanidine groups is 1. The summed E-state index contributed by atoms with van der Waals surface area (Å²) < 4.78 is 17.2. The van der Waals surface area contributed by atoms with Crippen LogP contribution in [-0.2, 0) is 14.2 Å². The molecule has 168 valence electrons. The van der Waals surface area contributed by atoms with Crippen LogP contribution in [0.2, 0.25) is 0 Å². The minimum atomic E-state index is -0.519. The Morgan fingerprint density at radius 3 is 2.55 bits per heavy atom. The number of nitrogens with one attached hydrogen (secondary N) is 2. The SMILES string of the molecule is CCNC(=NCC(NC(=O)OC(C)(C)C)C(C)C)N1CCOC(C2CCCO2)C1. The highest BCUT2D eigenvalue weighted by Crippen LogP contribution is 2.21. The summed E-state index contributed by atoms with van der Waals surface area (Å²) in [6.07, 6.45) is 2.02. The molecule has 0 spiro atoms. The molecule has 0 aliphatic carbocycles. The van der Waals surface area contributed by atoms with Crippen LogP contribution in [0.1, 0.15) is 54.4 Å². The summed E-state index contributed by atoms with van der Waals surface area (Å²) >= 11 is 0. The Morgan fingerprint density at radius 1 is 1.24 bits per heavy atom. The molecule has 3 unspecified atom stereocenters. The van der Waals surface area contributed by atoms with Crippen LogP contribution in [0.3, 0.4) is 0 Å². The molecular formula is C21H40N4O4. The van der Waals surface area contributed by atoms with E-state index in [-0.39, 0.29) is 24.2 Å². The van der Waals surface area contributed by atoms with E-state index in [9.17, 15) is 4.79 Å². The van der Waals surface area contributed by atoms with Crippen molar-refractivity contribution in [1.82, 2.24) is 15.5 Å². The standard InChI is InChI=1S/C21H40N4O4/c1-7-22-19(25-10-12-28-18(14-25)17-9-8-11-27-17)23-13-16(15(2)3)24-20(26)29-21(4,5)6/h15-18H,7-14H2,1-6H3,(H,22,23)(H,24,26). The molecule has 2 N–H and O–H groups in total. The maximum Gasteiger partial charge on any atom is 0.407 e. The van der Waals surface area contributed by atoms with Gasteiger partial charge in [0.1, 0.15) is 11.7 Å². The number of hydrogen-bond acceptors (Lipinski definition) is 5. The lowest BCUT2D eigenvalue weighted by Gasteiger charge is -2.37. The van der Waals surface area contributed by atoms with Crippen LogP contribution in [0.15, 0.2) is 4.99 Å². The smallest absolute Gasteiger partial charge is 0.407 e. The molecule has 2 saturated heterocycles. The van der Waals surface area contributed by atoms with Crippen LogP contribution in [0, 0.1) is 5.92 Å². The molecule has 2 fully saturated rings. The van der Waals surface area contributed by atoms with Gasteiger partial charge in [0.05, 0.1) is 25.3 Å². The average molecular weight is 413 g/mol. The van der Waals surface area contributed by atoms with Gasteiger partial charge in [0.25, 0.3) is 0 Å². The van der Waals surface area contributed by atoms with Gasteiger partial charge in [-0.05, 0) is 46.5 Å². The van der Waals surface area contributed by atoms with Crippen molar-refractivity contribution in [2.75, 3.05) is 39.4 Å². The largest absolute Gasteiger partial charge is 0.444 e. The Balaban J connectivity index is 2.00. The number of hydrogen-bond donors (Lipinski definition) is 2. The second kappa shape index (κ2) is 11.0. The second-order valence-corrected chi connectivity index (χ2v) is 9.10. The van der Waals surface area contributed by atoms with Crippen molar-refractivity contribution in [3.8, 4) is 0 Å². The maximum absolute atomic E-state index is 12.2. The first kappa shape index (κ1) is 23.7. The summed E-state index contributed by atoms with van der Waals surface area (Å²) in [6, 6.07) is -0.103. The van der Waals surface area contributed by atoms with E-state index in [0.717, 1.165) is 45.0 Å². The zero-order valence-corrected chi connectivity index (χ0v) is 19.0. The van der Waals surface area contributed by atoms with Gasteiger partial charge in [-0.2, -0.15) is 0 Å². The fraction of sp³-hybridized carbons (Fsp3) is 0.905. The zero-order valence-electron chi connectivity index (χ0n) is 19.0. The van der Waals surface area contributed by atoms with Crippen LogP contribution >= 0.6 is 0 Å². The topological polar surface area (TPSA) is 84.4 Å². The molecule has 1 amide bonds. The van der Waals surface area contributed by atoms with Gasteiger partial charge in [-0.1, -0.05) is 13.8 Å². The Bertz CT molecular complexity index is 541. The number of ether oxygens (including phenoxy) is 3. The first-order valence-corrected chi connectivity index (χ1v) is 11.0. The fourth-order valence-electron chi connectivity index (χ4n) is 3.48. The third-order valence-electron chi connectivity index (χ3n) is 5.05. The van der Waals surface area contributed by atoms with Crippen molar-refractivity contribution in [3.63, 3.8) is 0 Å². The fourth-order valence-corrected chi connectivity index (χ4v) is 3.48. The normalized spacial score (nSPS) is 24.5. The van der Waals surface area contributed by atoms with E-state index in [1.807, 2.05) is 20.8 Å². The Morgan fingerprint density at radius 2 is 1.97 bits per heavy atom. The number of carbonyl (C=O) groups is 1. The Labute approximate surface area is 175 Å². The van der Waals surface area contributed by atoms with Gasteiger partial charge < -0.3 is 29.7 Å². The molecule has 2 rings (SSSR count). The number of nitrogens with zero attached hydrogens (tertiary/aromatic N) is 2. The van der Waals surface area contributed by atoms with Gasteiger partial charge in [-0.25, -0.2) is 4.79 Å². The monoisotopic (exact) mass is 412 g/mol. The molecule has 0 aromatic rings. The quantitative estimate of drug-likeness (QED) is 0.515. The molecule has 0 saturated carbocycles. The number of rotatable bonds is 6. The highest BCUT2D eigenvalue weighted by atomic mass is 16.6. The second-order valence-electron chi connectivity index (χ2n) is 9.10. The van der Waals surface area contributed by atoms with Crippen LogP contribution in [0.4, 0.5) is 4.79 Å². The van der Waals surface area contributed by atoms with Gasteiger partial charge in [0.2, 0.25) is 0 Å². The summed E-state index contributed by atoms with van der Waals surface area (Å²) in [4.78, 5) is 19.3. The third kappa shape index (κ3) is 8.01. The molecule has 8 heteroatoms. The summed E-state index contributed by atoms with van der Waals surface area (Å²) in [7, 11) is 0. The highest BCUT2D eigenvalue weighted by Gasteiger charge is 2.32. The van der Waals surface area contributed by atoms with Gasteiger partial charge in [-0.15, -0.1) is 0 Å². The third-order valence-corrected chi connectivity index (χ3v) is 5.05. The summed E-state index contributed by atoms with van der Waals surface area (Å²) in [6.45, 7) is 16.1. The molecule has 0 aromatic heterocycles. The molecule has 2 aliphatic heterocycles. The predicted molar refractivity (Wildman–Crippen MR) is 114 cm³/mol. The summed E-state index contributed by atoms with van der Waals surface area (Å²) in [5, 5.41) is 6.35. The van der Waals surface area contributed by atoms with Crippen molar-refractivity contribution < 1.29 is 19.0 Å². The molecule has 2 heterocycles. The molecule has 0 bridgehead atoms. The maximum atomic E-state index is 12.2. The molecule has 0 radical (unpaired) electrons. The molecular weight excluding hydrogens is 372 g/mol. The van der Waals surface area contributed by atoms with E-state index in [0.29, 0.717) is 13.2 Å². The van der Waals surface area contributed by atoms with E-state index in [2.05, 4.69) is 36.3 Å². The molecule has 29 heavy (non-hydrogen) atoms. The van der Waals surface area contributed by atoms with E-state index in [4.69, 9.17) is 19.2 Å². The highest BCUT2D eigenvalue weighted by molar-refractivity contribution is 5.80. The number of aliphatic imine (C=N–C) groups is 1. The van der Waals surface area contributed by atoms with Gasteiger partial charge >= 0.3 is 6.09 Å². The van der Waals surface area contributed by atoms with Gasteiger partial charge in [-0.3, -0.25) is 4.99 Å². The predicted octanol–water partition coefficient (Wildman–Crippen LogP) is 2.38. The van der Waals surface area contributed by atoms with Crippen LogP contribution in [0.5, 0.6) is 0 Å². The van der Waals surface area contributed by atoms with E-state index >= 15 is 0 Å². The first-order valence-electron chi connectivity index (χ1n) is 11.0. The zero-order chi connectivity index (χ0) is 21.4. The van der Waals surface area contributed by atoms with Crippen molar-refractivity contribution in [3.05, 3.63) is 0 Å². The lowest BCUT2D eigenvalue weighted by Crippen LogP contribution is -2.53. The molecule has 8 nitrogen and oxygen atoms in total. The van der Waals surface area contributed by atoms with Crippen LogP contribution in [-0.4, -0.2) is 80.2 Å². The Kier molecular flexibility index (Phi) is 9.02. The number of amides is 1. The van der Waals surface area contributed by atoms with Crippen molar-refractivity contribution >= 4 is 12.1 Å². The minimum Gasteiger partial charge on any atom is -0.444 e. The molecule has 0 aromatic carbocycles. The Hall–Kier alpha value is -1.54.